The van der Waals surface area contributed by atoms with E-state index in [4.69, 9.17) is 5.26 Å². The van der Waals surface area contributed by atoms with E-state index < -0.39 is 0 Å². The quantitative estimate of drug-likeness (QED) is 0.863. The number of carbonyl (C=O) groups is 1. The number of anilines is 1. The van der Waals surface area contributed by atoms with Gasteiger partial charge in [0.15, 0.2) is 5.78 Å². The summed E-state index contributed by atoms with van der Waals surface area (Å²) < 4.78 is 0. The summed E-state index contributed by atoms with van der Waals surface area (Å²) in [4.78, 5) is 11.6. The first-order valence-corrected chi connectivity index (χ1v) is 5.99. The van der Waals surface area contributed by atoms with E-state index in [2.05, 4.69) is 25.2 Å². The standard InChI is InChI=1S/C15H16N2O/c1-15(2)8-13(7-14(18)9-15)17-12-5-3-11(10-16)4-6-12/h3-7,17H,8-9H2,1-2H3. The molecule has 0 bridgehead atoms. The van der Waals surface area contributed by atoms with Crippen molar-refractivity contribution in [2.24, 2.45) is 5.41 Å². The molecule has 92 valence electrons. The average molecular weight is 240 g/mol. The maximum Gasteiger partial charge on any atom is 0.157 e. The average Bonchev–Trinajstić information content (AvgIpc) is 2.27. The summed E-state index contributed by atoms with van der Waals surface area (Å²) in [5, 5.41) is 12.0. The Morgan fingerprint density at radius 2 is 1.89 bits per heavy atom. The molecule has 3 heteroatoms. The lowest BCUT2D eigenvalue weighted by atomic mass is 9.79. The topological polar surface area (TPSA) is 52.9 Å². The van der Waals surface area contributed by atoms with Crippen molar-refractivity contribution in [3.8, 4) is 6.07 Å². The lowest BCUT2D eigenvalue weighted by molar-refractivity contribution is -0.117. The molecule has 1 aliphatic rings. The maximum absolute atomic E-state index is 11.6. The lowest BCUT2D eigenvalue weighted by Gasteiger charge is -2.29. The molecule has 3 nitrogen and oxygen atoms in total. The van der Waals surface area contributed by atoms with Crippen LogP contribution in [0.1, 0.15) is 32.3 Å². The van der Waals surface area contributed by atoms with Crippen molar-refractivity contribution < 1.29 is 4.79 Å². The van der Waals surface area contributed by atoms with E-state index >= 15 is 0 Å². The van der Waals surface area contributed by atoms with Crippen LogP contribution in [0.25, 0.3) is 0 Å². The fourth-order valence-electron chi connectivity index (χ4n) is 2.24. The van der Waals surface area contributed by atoms with Crippen LogP contribution in [-0.4, -0.2) is 5.78 Å². The van der Waals surface area contributed by atoms with Crippen LogP contribution < -0.4 is 5.32 Å². The Balaban J connectivity index is 2.14. The van der Waals surface area contributed by atoms with Crippen LogP contribution in [0.5, 0.6) is 0 Å². The molecule has 0 atom stereocenters. The minimum atomic E-state index is 0.0146. The Morgan fingerprint density at radius 1 is 1.22 bits per heavy atom. The van der Waals surface area contributed by atoms with Crippen LogP contribution in [0.15, 0.2) is 36.0 Å². The fraction of sp³-hybridized carbons (Fsp3) is 0.333. The van der Waals surface area contributed by atoms with Gasteiger partial charge in [-0.3, -0.25) is 4.79 Å². The van der Waals surface area contributed by atoms with Gasteiger partial charge >= 0.3 is 0 Å². The molecule has 0 saturated heterocycles. The van der Waals surface area contributed by atoms with Crippen LogP contribution in [0, 0.1) is 16.7 Å². The molecule has 1 aromatic carbocycles. The maximum atomic E-state index is 11.6. The number of hydrogen-bond donors (Lipinski definition) is 1. The van der Waals surface area contributed by atoms with E-state index in [0.29, 0.717) is 12.0 Å². The molecule has 1 aromatic rings. The van der Waals surface area contributed by atoms with Crippen molar-refractivity contribution in [1.82, 2.24) is 0 Å². The second-order valence-electron chi connectivity index (χ2n) is 5.47. The van der Waals surface area contributed by atoms with Gasteiger partial charge in [0.1, 0.15) is 0 Å². The van der Waals surface area contributed by atoms with E-state index in [-0.39, 0.29) is 11.2 Å². The van der Waals surface area contributed by atoms with Gasteiger partial charge in [0.25, 0.3) is 0 Å². The highest BCUT2D eigenvalue weighted by atomic mass is 16.1. The van der Waals surface area contributed by atoms with Crippen molar-refractivity contribution in [3.63, 3.8) is 0 Å². The van der Waals surface area contributed by atoms with Gasteiger partial charge in [0.05, 0.1) is 11.6 Å². The normalized spacial score (nSPS) is 17.8. The predicted octanol–water partition coefficient (Wildman–Crippen LogP) is 3.24. The Kier molecular flexibility index (Phi) is 3.20. The number of hydrogen-bond acceptors (Lipinski definition) is 3. The van der Waals surface area contributed by atoms with Gasteiger partial charge in [0.2, 0.25) is 0 Å². The van der Waals surface area contributed by atoms with Gasteiger partial charge in [-0.05, 0) is 36.1 Å². The Hall–Kier alpha value is -2.08. The number of nitriles is 1. The highest BCUT2D eigenvalue weighted by Gasteiger charge is 2.27. The molecule has 0 radical (unpaired) electrons. The van der Waals surface area contributed by atoms with Gasteiger partial charge in [0, 0.05) is 23.9 Å². The minimum Gasteiger partial charge on any atom is -0.359 e. The summed E-state index contributed by atoms with van der Waals surface area (Å²) in [6.07, 6.45) is 3.15. The minimum absolute atomic E-state index is 0.0146. The van der Waals surface area contributed by atoms with Crippen molar-refractivity contribution >= 4 is 11.5 Å². The largest absolute Gasteiger partial charge is 0.359 e. The van der Waals surface area contributed by atoms with Crippen molar-refractivity contribution in [2.45, 2.75) is 26.7 Å². The van der Waals surface area contributed by atoms with Crippen molar-refractivity contribution in [2.75, 3.05) is 5.32 Å². The molecular weight excluding hydrogens is 224 g/mol. The van der Waals surface area contributed by atoms with E-state index in [1.807, 2.05) is 12.1 Å². The van der Waals surface area contributed by atoms with Crippen LogP contribution in [-0.2, 0) is 4.79 Å². The zero-order valence-electron chi connectivity index (χ0n) is 10.7. The highest BCUT2D eigenvalue weighted by Crippen LogP contribution is 2.33. The number of rotatable bonds is 2. The van der Waals surface area contributed by atoms with Gasteiger partial charge in [-0.1, -0.05) is 13.8 Å². The lowest BCUT2D eigenvalue weighted by Crippen LogP contribution is -2.24. The Labute approximate surface area is 107 Å². The second-order valence-corrected chi connectivity index (χ2v) is 5.47. The number of nitrogens with zero attached hydrogens (tertiary/aromatic N) is 1. The smallest absolute Gasteiger partial charge is 0.157 e. The number of allylic oxidation sites excluding steroid dienone is 2. The molecule has 2 rings (SSSR count). The first kappa shape index (κ1) is 12.4. The molecule has 0 aliphatic heterocycles. The first-order chi connectivity index (χ1) is 8.48. The van der Waals surface area contributed by atoms with E-state index in [1.165, 1.54) is 0 Å². The summed E-state index contributed by atoms with van der Waals surface area (Å²) in [6, 6.07) is 9.31. The molecule has 0 spiro atoms. The van der Waals surface area contributed by atoms with Gasteiger partial charge < -0.3 is 5.32 Å². The third-order valence-corrected chi connectivity index (χ3v) is 2.98. The predicted molar refractivity (Wildman–Crippen MR) is 70.9 cm³/mol. The molecular formula is C15H16N2O. The van der Waals surface area contributed by atoms with Gasteiger partial charge in [-0.15, -0.1) is 0 Å². The van der Waals surface area contributed by atoms with E-state index in [1.54, 1.807) is 18.2 Å². The van der Waals surface area contributed by atoms with Gasteiger partial charge in [-0.2, -0.15) is 5.26 Å². The molecule has 0 aromatic heterocycles. The van der Waals surface area contributed by atoms with Gasteiger partial charge in [-0.25, -0.2) is 0 Å². The third-order valence-electron chi connectivity index (χ3n) is 2.98. The number of benzene rings is 1. The van der Waals surface area contributed by atoms with E-state index in [0.717, 1.165) is 17.8 Å². The number of nitrogens with one attached hydrogen (secondary N) is 1. The SMILES string of the molecule is CC1(C)CC(=O)C=C(Nc2ccc(C#N)cc2)C1. The highest BCUT2D eigenvalue weighted by molar-refractivity contribution is 5.92. The van der Waals surface area contributed by atoms with Crippen molar-refractivity contribution in [1.29, 1.82) is 5.26 Å². The molecule has 0 fully saturated rings. The molecule has 18 heavy (non-hydrogen) atoms. The molecule has 1 N–H and O–H groups in total. The number of carbonyl (C=O) groups excluding carboxylic acids is 1. The zero-order valence-corrected chi connectivity index (χ0v) is 10.7. The van der Waals surface area contributed by atoms with Crippen LogP contribution in [0.4, 0.5) is 5.69 Å². The number of ketones is 1. The zero-order chi connectivity index (χ0) is 13.2. The van der Waals surface area contributed by atoms with Crippen molar-refractivity contribution in [3.05, 3.63) is 41.6 Å². The Morgan fingerprint density at radius 3 is 2.44 bits per heavy atom. The third kappa shape index (κ3) is 2.98. The summed E-state index contributed by atoms with van der Waals surface area (Å²) in [5.41, 5.74) is 2.50. The van der Waals surface area contributed by atoms with Crippen LogP contribution in [0.2, 0.25) is 0 Å². The second kappa shape index (κ2) is 4.66. The van der Waals surface area contributed by atoms with Crippen LogP contribution in [0.3, 0.4) is 0 Å². The summed E-state index contributed by atoms with van der Waals surface area (Å²) in [7, 11) is 0. The first-order valence-electron chi connectivity index (χ1n) is 5.99. The monoisotopic (exact) mass is 240 g/mol. The fourth-order valence-corrected chi connectivity index (χ4v) is 2.24. The van der Waals surface area contributed by atoms with E-state index in [9.17, 15) is 4.79 Å². The van der Waals surface area contributed by atoms with Crippen LogP contribution >= 0.6 is 0 Å². The molecule has 0 amide bonds. The molecule has 0 heterocycles. The summed E-state index contributed by atoms with van der Waals surface area (Å²) in [6.45, 7) is 4.19. The molecule has 0 saturated carbocycles. The summed E-state index contributed by atoms with van der Waals surface area (Å²) >= 11 is 0. The molecule has 0 unspecified atom stereocenters. The summed E-state index contributed by atoms with van der Waals surface area (Å²) in [5.74, 6) is 0.169. The Bertz CT molecular complexity index is 533. The molecule has 1 aliphatic carbocycles.